The Balaban J connectivity index is 1.27. The summed E-state index contributed by atoms with van der Waals surface area (Å²) < 4.78 is 10.7. The van der Waals surface area contributed by atoms with Gasteiger partial charge in [-0.05, 0) is 68.4 Å². The molecule has 0 spiro atoms. The Labute approximate surface area is 205 Å². The summed E-state index contributed by atoms with van der Waals surface area (Å²) in [6.07, 6.45) is 4.41. The van der Waals surface area contributed by atoms with E-state index in [0.717, 1.165) is 32.4 Å². The van der Waals surface area contributed by atoms with E-state index in [1.54, 1.807) is 30.3 Å². The number of nitrogens with one attached hydrogen (secondary N) is 1. The Kier molecular flexibility index (Phi) is 6.88. The molecule has 0 saturated carbocycles. The number of hydrogen-bond donors (Lipinski definition) is 1. The van der Waals surface area contributed by atoms with Crippen LogP contribution < -0.4 is 14.8 Å². The number of carbonyl (C=O) groups is 3. The average molecular weight is 478 g/mol. The standard InChI is InChI=1S/C27H31N3O5/c31-25(20-7-3-1-4-8-20)28-24(27(33)29-13-5-2-6-14-29)19-11-15-30(16-12-19)26(32)21-9-10-22-23(17-21)35-18-34-22/h1,3-4,7-10,17,19,24H,2,5-6,11-16,18H2,(H,28,31)/t24-/m1/s1. The summed E-state index contributed by atoms with van der Waals surface area (Å²) in [5.41, 5.74) is 1.10. The van der Waals surface area contributed by atoms with E-state index in [2.05, 4.69) is 5.32 Å². The van der Waals surface area contributed by atoms with Gasteiger partial charge in [-0.15, -0.1) is 0 Å². The Morgan fingerprint density at radius 3 is 2.26 bits per heavy atom. The minimum absolute atomic E-state index is 0.00507. The van der Waals surface area contributed by atoms with E-state index in [1.807, 2.05) is 28.0 Å². The number of piperidine rings is 2. The summed E-state index contributed by atoms with van der Waals surface area (Å²) in [4.78, 5) is 43.3. The van der Waals surface area contributed by atoms with E-state index in [4.69, 9.17) is 9.47 Å². The molecule has 3 aliphatic heterocycles. The van der Waals surface area contributed by atoms with E-state index in [-0.39, 0.29) is 30.4 Å². The molecule has 0 bridgehead atoms. The number of fused-ring (bicyclic) bond motifs is 1. The average Bonchev–Trinajstić information content (AvgIpc) is 3.40. The fraction of sp³-hybridized carbons (Fsp3) is 0.444. The molecule has 3 aliphatic rings. The molecule has 1 atom stereocenters. The number of carbonyl (C=O) groups excluding carboxylic acids is 3. The molecule has 0 unspecified atom stereocenters. The molecule has 8 heteroatoms. The second kappa shape index (κ2) is 10.4. The Hall–Kier alpha value is -3.55. The maximum Gasteiger partial charge on any atom is 0.253 e. The van der Waals surface area contributed by atoms with Crippen molar-refractivity contribution in [2.45, 2.75) is 38.1 Å². The van der Waals surface area contributed by atoms with E-state index in [1.165, 1.54) is 0 Å². The first kappa shape index (κ1) is 23.2. The number of hydrogen-bond acceptors (Lipinski definition) is 5. The van der Waals surface area contributed by atoms with Crippen LogP contribution in [-0.4, -0.2) is 66.5 Å². The molecule has 184 valence electrons. The quantitative estimate of drug-likeness (QED) is 0.715. The smallest absolute Gasteiger partial charge is 0.253 e. The van der Waals surface area contributed by atoms with Crippen molar-refractivity contribution in [1.82, 2.24) is 15.1 Å². The van der Waals surface area contributed by atoms with Gasteiger partial charge in [0.15, 0.2) is 11.5 Å². The lowest BCUT2D eigenvalue weighted by Gasteiger charge is -2.38. The van der Waals surface area contributed by atoms with Crippen LogP contribution in [0.5, 0.6) is 11.5 Å². The maximum atomic E-state index is 13.5. The maximum absolute atomic E-state index is 13.5. The highest BCUT2D eigenvalue weighted by atomic mass is 16.7. The van der Waals surface area contributed by atoms with Gasteiger partial charge in [-0.3, -0.25) is 14.4 Å². The van der Waals surface area contributed by atoms with Crippen molar-refractivity contribution in [2.24, 2.45) is 5.92 Å². The van der Waals surface area contributed by atoms with Crippen LogP contribution >= 0.6 is 0 Å². The molecule has 8 nitrogen and oxygen atoms in total. The van der Waals surface area contributed by atoms with Gasteiger partial charge in [0.2, 0.25) is 12.7 Å². The van der Waals surface area contributed by atoms with Crippen molar-refractivity contribution >= 4 is 17.7 Å². The van der Waals surface area contributed by atoms with Crippen LogP contribution in [0.15, 0.2) is 48.5 Å². The fourth-order valence-electron chi connectivity index (χ4n) is 5.15. The Morgan fingerprint density at radius 2 is 1.51 bits per heavy atom. The van der Waals surface area contributed by atoms with Crippen LogP contribution in [0.2, 0.25) is 0 Å². The van der Waals surface area contributed by atoms with Crippen LogP contribution in [0.1, 0.15) is 52.8 Å². The van der Waals surface area contributed by atoms with Crippen molar-refractivity contribution in [1.29, 1.82) is 0 Å². The Bertz CT molecular complexity index is 1080. The highest BCUT2D eigenvalue weighted by molar-refractivity contribution is 5.98. The summed E-state index contributed by atoms with van der Waals surface area (Å²) in [6, 6.07) is 13.6. The minimum atomic E-state index is -0.594. The molecular formula is C27H31N3O5. The molecule has 0 aromatic heterocycles. The van der Waals surface area contributed by atoms with Crippen molar-refractivity contribution in [3.8, 4) is 11.5 Å². The van der Waals surface area contributed by atoms with Crippen LogP contribution in [-0.2, 0) is 4.79 Å². The zero-order valence-corrected chi connectivity index (χ0v) is 19.8. The molecule has 2 aromatic carbocycles. The van der Waals surface area contributed by atoms with Gasteiger partial charge in [0, 0.05) is 37.3 Å². The van der Waals surface area contributed by atoms with Crippen molar-refractivity contribution in [3.63, 3.8) is 0 Å². The van der Waals surface area contributed by atoms with Gasteiger partial charge >= 0.3 is 0 Å². The molecule has 0 aliphatic carbocycles. The molecule has 0 radical (unpaired) electrons. The SMILES string of the molecule is O=C(N[C@@H](C(=O)N1CCCCC1)C1CCN(C(=O)c2ccc3c(c2)OCO3)CC1)c1ccccc1. The first-order chi connectivity index (χ1) is 17.1. The highest BCUT2D eigenvalue weighted by Gasteiger charge is 2.36. The zero-order valence-electron chi connectivity index (χ0n) is 19.8. The molecule has 2 aromatic rings. The third-order valence-corrected chi connectivity index (χ3v) is 7.17. The number of amides is 3. The summed E-state index contributed by atoms with van der Waals surface area (Å²) in [5, 5.41) is 3.04. The molecule has 2 fully saturated rings. The van der Waals surface area contributed by atoms with E-state index >= 15 is 0 Å². The van der Waals surface area contributed by atoms with E-state index < -0.39 is 6.04 Å². The summed E-state index contributed by atoms with van der Waals surface area (Å²) in [6.45, 7) is 2.70. The number of rotatable bonds is 5. The molecule has 1 N–H and O–H groups in total. The van der Waals surface area contributed by atoms with Gasteiger partial charge < -0.3 is 24.6 Å². The second-order valence-electron chi connectivity index (χ2n) is 9.40. The first-order valence-electron chi connectivity index (χ1n) is 12.4. The van der Waals surface area contributed by atoms with Crippen LogP contribution in [0, 0.1) is 5.92 Å². The number of benzene rings is 2. The molecule has 2 saturated heterocycles. The first-order valence-corrected chi connectivity index (χ1v) is 12.4. The van der Waals surface area contributed by atoms with E-state index in [9.17, 15) is 14.4 Å². The van der Waals surface area contributed by atoms with Gasteiger partial charge in [0.05, 0.1) is 0 Å². The van der Waals surface area contributed by atoms with Gasteiger partial charge in [-0.2, -0.15) is 0 Å². The predicted octanol–water partition coefficient (Wildman–Crippen LogP) is 3.08. The predicted molar refractivity (Wildman–Crippen MR) is 129 cm³/mol. The third-order valence-electron chi connectivity index (χ3n) is 7.17. The summed E-state index contributed by atoms with van der Waals surface area (Å²) in [7, 11) is 0. The van der Waals surface area contributed by atoms with Crippen LogP contribution in [0.25, 0.3) is 0 Å². The monoisotopic (exact) mass is 477 g/mol. The van der Waals surface area contributed by atoms with Crippen molar-refractivity contribution in [3.05, 3.63) is 59.7 Å². The Morgan fingerprint density at radius 1 is 0.800 bits per heavy atom. The summed E-state index contributed by atoms with van der Waals surface area (Å²) >= 11 is 0. The zero-order chi connectivity index (χ0) is 24.2. The van der Waals surface area contributed by atoms with Crippen LogP contribution in [0.4, 0.5) is 0 Å². The van der Waals surface area contributed by atoms with Crippen molar-refractivity contribution in [2.75, 3.05) is 33.0 Å². The molecule has 5 rings (SSSR count). The topological polar surface area (TPSA) is 88.2 Å². The number of nitrogens with zero attached hydrogens (tertiary/aromatic N) is 2. The lowest BCUT2D eigenvalue weighted by Crippen LogP contribution is -2.55. The number of ether oxygens (including phenoxy) is 2. The molecule has 35 heavy (non-hydrogen) atoms. The summed E-state index contributed by atoms with van der Waals surface area (Å²) in [5.74, 6) is 0.899. The van der Waals surface area contributed by atoms with Crippen LogP contribution in [0.3, 0.4) is 0 Å². The molecule has 3 heterocycles. The molecule has 3 amide bonds. The minimum Gasteiger partial charge on any atom is -0.454 e. The second-order valence-corrected chi connectivity index (χ2v) is 9.40. The van der Waals surface area contributed by atoms with Crippen molar-refractivity contribution < 1.29 is 23.9 Å². The van der Waals surface area contributed by atoms with Gasteiger partial charge in [-0.1, -0.05) is 18.2 Å². The van der Waals surface area contributed by atoms with Gasteiger partial charge in [0.25, 0.3) is 11.8 Å². The lowest BCUT2D eigenvalue weighted by molar-refractivity contribution is -0.136. The highest BCUT2D eigenvalue weighted by Crippen LogP contribution is 2.33. The largest absolute Gasteiger partial charge is 0.454 e. The normalized spacial score (nSPS) is 18.7. The van der Waals surface area contributed by atoms with E-state index in [0.29, 0.717) is 48.6 Å². The molecular weight excluding hydrogens is 446 g/mol. The van der Waals surface area contributed by atoms with Gasteiger partial charge in [0.1, 0.15) is 6.04 Å². The number of likely N-dealkylation sites (tertiary alicyclic amines) is 2. The third kappa shape index (κ3) is 5.11. The lowest BCUT2D eigenvalue weighted by atomic mass is 9.87. The van der Waals surface area contributed by atoms with Gasteiger partial charge in [-0.25, -0.2) is 0 Å². The fourth-order valence-corrected chi connectivity index (χ4v) is 5.15.